The molecule has 1 N–H and O–H groups in total. The van der Waals surface area contributed by atoms with Crippen LogP contribution in [-0.2, 0) is 11.3 Å². The molecule has 132 valence electrons. The van der Waals surface area contributed by atoms with Crippen molar-refractivity contribution in [2.24, 2.45) is 0 Å². The Bertz CT molecular complexity index is 875. The standard InChI is InChI=1S/C20H20N4O2/c1-23(19(25)13-21-20(26)17-8-4-2-5-9-17)14-16-12-22-24(15-16)18-10-6-3-7-11-18/h2-12,15H,13-14H2,1H3,(H,21,26). The van der Waals surface area contributed by atoms with E-state index in [1.165, 1.54) is 0 Å². The Morgan fingerprint density at radius 2 is 1.69 bits per heavy atom. The van der Waals surface area contributed by atoms with E-state index in [-0.39, 0.29) is 18.4 Å². The largest absolute Gasteiger partial charge is 0.343 e. The lowest BCUT2D eigenvalue weighted by Crippen LogP contribution is -2.37. The maximum Gasteiger partial charge on any atom is 0.251 e. The van der Waals surface area contributed by atoms with Crippen molar-refractivity contribution in [3.05, 3.63) is 84.2 Å². The smallest absolute Gasteiger partial charge is 0.251 e. The van der Waals surface area contributed by atoms with Crippen LogP contribution < -0.4 is 5.32 Å². The number of likely N-dealkylation sites (N-methyl/N-ethyl adjacent to an activating group) is 1. The molecule has 2 amide bonds. The van der Waals surface area contributed by atoms with Crippen molar-refractivity contribution in [3.63, 3.8) is 0 Å². The van der Waals surface area contributed by atoms with E-state index in [4.69, 9.17) is 0 Å². The molecule has 0 aliphatic carbocycles. The first-order chi connectivity index (χ1) is 12.6. The van der Waals surface area contributed by atoms with Gasteiger partial charge in [-0.25, -0.2) is 4.68 Å². The fourth-order valence-corrected chi connectivity index (χ4v) is 2.51. The summed E-state index contributed by atoms with van der Waals surface area (Å²) in [6, 6.07) is 18.6. The van der Waals surface area contributed by atoms with E-state index >= 15 is 0 Å². The number of para-hydroxylation sites is 1. The van der Waals surface area contributed by atoms with Crippen LogP contribution in [0, 0.1) is 0 Å². The summed E-state index contributed by atoms with van der Waals surface area (Å²) >= 11 is 0. The van der Waals surface area contributed by atoms with E-state index in [1.807, 2.05) is 42.6 Å². The molecule has 6 heteroatoms. The third kappa shape index (κ3) is 4.36. The SMILES string of the molecule is CN(Cc1cnn(-c2ccccc2)c1)C(=O)CNC(=O)c1ccccc1. The average Bonchev–Trinajstić information content (AvgIpc) is 3.15. The number of carbonyl (C=O) groups is 2. The zero-order chi connectivity index (χ0) is 18.4. The second kappa shape index (κ2) is 8.11. The van der Waals surface area contributed by atoms with Crippen molar-refractivity contribution >= 4 is 11.8 Å². The van der Waals surface area contributed by atoms with Crippen LogP contribution >= 0.6 is 0 Å². The maximum atomic E-state index is 12.2. The summed E-state index contributed by atoms with van der Waals surface area (Å²) in [5.74, 6) is -0.425. The Morgan fingerprint density at radius 3 is 2.38 bits per heavy atom. The fraction of sp³-hybridized carbons (Fsp3) is 0.150. The number of hydrogen-bond acceptors (Lipinski definition) is 3. The fourth-order valence-electron chi connectivity index (χ4n) is 2.51. The van der Waals surface area contributed by atoms with Crippen LogP contribution in [0.4, 0.5) is 0 Å². The van der Waals surface area contributed by atoms with Crippen LogP contribution in [0.1, 0.15) is 15.9 Å². The van der Waals surface area contributed by atoms with Crippen LogP contribution in [0.2, 0.25) is 0 Å². The first-order valence-electron chi connectivity index (χ1n) is 8.29. The molecular weight excluding hydrogens is 328 g/mol. The van der Waals surface area contributed by atoms with Gasteiger partial charge < -0.3 is 10.2 Å². The van der Waals surface area contributed by atoms with Gasteiger partial charge >= 0.3 is 0 Å². The van der Waals surface area contributed by atoms with Gasteiger partial charge in [0.15, 0.2) is 0 Å². The number of nitrogens with zero attached hydrogens (tertiary/aromatic N) is 3. The Hall–Kier alpha value is -3.41. The Kier molecular flexibility index (Phi) is 5.43. The van der Waals surface area contributed by atoms with Crippen molar-refractivity contribution in [2.45, 2.75) is 6.54 Å². The highest BCUT2D eigenvalue weighted by atomic mass is 16.2. The number of benzene rings is 2. The number of hydrogen-bond donors (Lipinski definition) is 1. The molecule has 1 aromatic heterocycles. The molecule has 1 heterocycles. The number of nitrogens with one attached hydrogen (secondary N) is 1. The van der Waals surface area contributed by atoms with Gasteiger partial charge in [0, 0.05) is 30.9 Å². The van der Waals surface area contributed by atoms with E-state index in [0.717, 1.165) is 11.3 Å². The lowest BCUT2D eigenvalue weighted by molar-refractivity contribution is -0.129. The molecular formula is C20H20N4O2. The quantitative estimate of drug-likeness (QED) is 0.743. The van der Waals surface area contributed by atoms with Crippen molar-refractivity contribution in [2.75, 3.05) is 13.6 Å². The van der Waals surface area contributed by atoms with Crippen LogP contribution in [0.25, 0.3) is 5.69 Å². The number of rotatable bonds is 6. The van der Waals surface area contributed by atoms with Gasteiger partial charge in [-0.15, -0.1) is 0 Å². The van der Waals surface area contributed by atoms with Gasteiger partial charge in [0.05, 0.1) is 18.4 Å². The highest BCUT2D eigenvalue weighted by Crippen LogP contribution is 2.09. The lowest BCUT2D eigenvalue weighted by atomic mass is 10.2. The molecule has 0 bridgehead atoms. The summed E-state index contributed by atoms with van der Waals surface area (Å²) in [6.45, 7) is 0.379. The molecule has 0 unspecified atom stereocenters. The topological polar surface area (TPSA) is 67.2 Å². The lowest BCUT2D eigenvalue weighted by Gasteiger charge is -2.16. The van der Waals surface area contributed by atoms with Crippen molar-refractivity contribution in [1.29, 1.82) is 0 Å². The third-order valence-corrected chi connectivity index (χ3v) is 3.94. The van der Waals surface area contributed by atoms with E-state index in [9.17, 15) is 9.59 Å². The summed E-state index contributed by atoms with van der Waals surface area (Å²) < 4.78 is 1.77. The van der Waals surface area contributed by atoms with Crippen LogP contribution in [-0.4, -0.2) is 40.1 Å². The zero-order valence-corrected chi connectivity index (χ0v) is 14.5. The first kappa shape index (κ1) is 17.4. The minimum absolute atomic E-state index is 0.0446. The molecule has 0 saturated carbocycles. The van der Waals surface area contributed by atoms with Gasteiger partial charge in [-0.1, -0.05) is 36.4 Å². The average molecular weight is 348 g/mol. The molecule has 6 nitrogen and oxygen atoms in total. The van der Waals surface area contributed by atoms with Gasteiger partial charge in [0.25, 0.3) is 5.91 Å². The third-order valence-electron chi connectivity index (χ3n) is 3.94. The minimum atomic E-state index is -0.260. The zero-order valence-electron chi connectivity index (χ0n) is 14.5. The number of carbonyl (C=O) groups excluding carboxylic acids is 2. The first-order valence-corrected chi connectivity index (χ1v) is 8.29. The second-order valence-electron chi connectivity index (χ2n) is 5.93. The summed E-state index contributed by atoms with van der Waals surface area (Å²) in [5, 5.41) is 6.97. The van der Waals surface area contributed by atoms with Gasteiger partial charge in [-0.05, 0) is 24.3 Å². The summed E-state index contributed by atoms with van der Waals surface area (Å²) in [6.07, 6.45) is 3.63. The van der Waals surface area contributed by atoms with E-state index in [0.29, 0.717) is 12.1 Å². The van der Waals surface area contributed by atoms with Crippen molar-refractivity contribution < 1.29 is 9.59 Å². The molecule has 0 radical (unpaired) electrons. The molecule has 0 atom stereocenters. The summed E-state index contributed by atoms with van der Waals surface area (Å²) in [4.78, 5) is 25.8. The van der Waals surface area contributed by atoms with Gasteiger partial charge in [0.1, 0.15) is 0 Å². The van der Waals surface area contributed by atoms with E-state index in [2.05, 4.69) is 10.4 Å². The predicted octanol–water partition coefficient (Wildman–Crippen LogP) is 2.26. The molecule has 0 aliphatic rings. The highest BCUT2D eigenvalue weighted by molar-refractivity contribution is 5.96. The molecule has 0 spiro atoms. The second-order valence-corrected chi connectivity index (χ2v) is 5.93. The molecule has 2 aromatic carbocycles. The van der Waals surface area contributed by atoms with Crippen LogP contribution in [0.15, 0.2) is 73.1 Å². The molecule has 3 aromatic rings. The highest BCUT2D eigenvalue weighted by Gasteiger charge is 2.13. The number of aromatic nitrogens is 2. The maximum absolute atomic E-state index is 12.2. The Morgan fingerprint density at radius 1 is 1.04 bits per heavy atom. The van der Waals surface area contributed by atoms with Crippen molar-refractivity contribution in [3.8, 4) is 5.69 Å². The Labute approximate surface area is 152 Å². The molecule has 26 heavy (non-hydrogen) atoms. The number of amides is 2. The van der Waals surface area contributed by atoms with E-state index in [1.54, 1.807) is 47.1 Å². The monoisotopic (exact) mass is 348 g/mol. The molecule has 0 aliphatic heterocycles. The van der Waals surface area contributed by atoms with Gasteiger partial charge in [-0.3, -0.25) is 9.59 Å². The molecule has 0 fully saturated rings. The summed E-state index contributed by atoms with van der Waals surface area (Å²) in [5.41, 5.74) is 2.41. The summed E-state index contributed by atoms with van der Waals surface area (Å²) in [7, 11) is 1.71. The van der Waals surface area contributed by atoms with Crippen LogP contribution in [0.3, 0.4) is 0 Å². The molecule has 0 saturated heterocycles. The minimum Gasteiger partial charge on any atom is -0.343 e. The predicted molar refractivity (Wildman–Crippen MR) is 98.8 cm³/mol. The molecule has 3 rings (SSSR count). The Balaban J connectivity index is 1.53. The van der Waals surface area contributed by atoms with E-state index < -0.39 is 0 Å². The van der Waals surface area contributed by atoms with Gasteiger partial charge in [-0.2, -0.15) is 5.10 Å². The van der Waals surface area contributed by atoms with Crippen LogP contribution in [0.5, 0.6) is 0 Å². The van der Waals surface area contributed by atoms with Crippen molar-refractivity contribution in [1.82, 2.24) is 20.0 Å². The van der Waals surface area contributed by atoms with Gasteiger partial charge in [0.2, 0.25) is 5.91 Å². The normalized spacial score (nSPS) is 10.3.